The summed E-state index contributed by atoms with van der Waals surface area (Å²) in [5, 5.41) is 6.27. The zero-order valence-corrected chi connectivity index (χ0v) is 82.1. The number of halogens is 15. The van der Waals surface area contributed by atoms with Gasteiger partial charge in [0.05, 0.1) is 52.5 Å². The minimum atomic E-state index is -7.15. The molecule has 47 heteroatoms. The van der Waals surface area contributed by atoms with E-state index in [0.717, 1.165) is 112 Å². The number of alkyl halides is 9. The molecule has 0 saturated carbocycles. The van der Waals surface area contributed by atoms with E-state index < -0.39 is 247 Å². The average molecular weight is 2020 g/mol. The van der Waals surface area contributed by atoms with Gasteiger partial charge in [-0.3, -0.25) is 83.4 Å². The van der Waals surface area contributed by atoms with Gasteiger partial charge in [0.15, 0.2) is 31.6 Å². The molecule has 0 saturated heterocycles. The SMILES string of the molecule is Cn1c(=O)c2c(CC(=O)N=c3scc(-c4ccc(F)c(C(F)(F)F)c4F)n3C(OP(=O)(OC(n3c(-c4ccc(F)c(C(F)(F)F)c4F)csc3=NC(=O)Cc3csc4c3c(=O)n(C)c(=O)n4C)(C(C)(C)C)C(C)(C)C)OC(n3c(-c4ccc(F)c(C(F)(F)F)c4F)csc3=NC(=O)Cc3csc4c3c(=O)n(C)c(=O)n4C)(C(C)(C)C)C(C)(C)C)(C(C)(C)C)C(C)(C)C)csc2n(C)c1=O. The Hall–Kier alpha value is -10.1. The summed E-state index contributed by atoms with van der Waals surface area (Å²) < 4.78 is 294. The lowest BCUT2D eigenvalue weighted by atomic mass is 9.68. The van der Waals surface area contributed by atoms with Gasteiger partial charge in [0, 0.05) is 108 Å². The largest absolute Gasteiger partial charge is 0.481 e. The van der Waals surface area contributed by atoms with Gasteiger partial charge in [-0.1, -0.05) is 125 Å². The molecule has 12 aromatic rings. The van der Waals surface area contributed by atoms with Gasteiger partial charge in [-0.05, 0) is 69.2 Å². The van der Waals surface area contributed by atoms with Crippen molar-refractivity contribution in [1.29, 1.82) is 0 Å². The number of rotatable bonds is 18. The molecule has 0 aliphatic heterocycles. The van der Waals surface area contributed by atoms with Gasteiger partial charge < -0.3 is 0 Å². The second kappa shape index (κ2) is 34.6. The number of carbonyl (C=O) groups excluding carboxylic acids is 3. The number of nitrogens with zero attached hydrogens (tertiary/aromatic N) is 12. The van der Waals surface area contributed by atoms with Crippen LogP contribution in [0.2, 0.25) is 0 Å². The number of carbonyl (C=O) groups is 3. The quantitative estimate of drug-likeness (QED) is 0.0571. The smallest absolute Gasteiger partial charge is 0.287 e. The summed E-state index contributed by atoms with van der Waals surface area (Å²) in [6, 6.07) is 2.32. The molecule has 9 aromatic heterocycles. The molecule has 0 fully saturated rings. The highest BCUT2D eigenvalue weighted by atomic mass is 32.1. The lowest BCUT2D eigenvalue weighted by Crippen LogP contribution is -2.63. The van der Waals surface area contributed by atoms with Gasteiger partial charge in [-0.25, -0.2) is 45.3 Å². The molecule has 0 aliphatic rings. The molecule has 0 atom stereocenters. The first-order valence-electron chi connectivity index (χ1n) is 40.5. The van der Waals surface area contributed by atoms with Crippen molar-refractivity contribution in [2.75, 3.05) is 0 Å². The van der Waals surface area contributed by atoms with Crippen molar-refractivity contribution in [1.82, 2.24) is 41.1 Å². The lowest BCUT2D eigenvalue weighted by Gasteiger charge is -2.60. The Balaban J connectivity index is 1.31. The van der Waals surface area contributed by atoms with Crippen molar-refractivity contribution in [3.05, 3.63) is 214 Å². The van der Waals surface area contributed by atoms with E-state index in [1.54, 1.807) is 0 Å². The van der Waals surface area contributed by atoms with E-state index in [-0.39, 0.29) is 65.5 Å². The number of phosphoric ester groups is 1. The Morgan fingerprint density at radius 3 is 0.731 bits per heavy atom. The summed E-state index contributed by atoms with van der Waals surface area (Å²) in [6.07, 6.45) is -20.3. The van der Waals surface area contributed by atoms with Gasteiger partial charge in [-0.15, -0.1) is 68.0 Å². The van der Waals surface area contributed by atoms with Crippen LogP contribution in [-0.4, -0.2) is 58.8 Å². The molecule has 3 amide bonds. The Morgan fingerprint density at radius 1 is 0.328 bits per heavy atom. The molecule has 0 N–H and O–H groups in total. The van der Waals surface area contributed by atoms with Crippen LogP contribution in [0, 0.1) is 67.4 Å². The molecular weight excluding hydrogens is 1930 g/mol. The van der Waals surface area contributed by atoms with Crippen LogP contribution in [0.15, 0.2) is 112 Å². The van der Waals surface area contributed by atoms with E-state index in [1.807, 2.05) is 0 Å². The number of hydrogen-bond acceptors (Lipinski definition) is 19. The average Bonchev–Trinajstić information content (AvgIpc) is 1.31. The second-order valence-electron chi connectivity index (χ2n) is 38.2. The Labute approximate surface area is 775 Å². The minimum Gasteiger partial charge on any atom is -0.287 e. The maximum atomic E-state index is 20.0. The van der Waals surface area contributed by atoms with E-state index in [0.29, 0.717) is 52.2 Å². The summed E-state index contributed by atoms with van der Waals surface area (Å²) in [6.45, 7) is 23.7. The number of phosphoric acid groups is 1. The van der Waals surface area contributed by atoms with Crippen molar-refractivity contribution >= 4 is 124 Å². The number of hydrogen-bond donors (Lipinski definition) is 0. The first-order valence-corrected chi connectivity index (χ1v) is 47.2. The van der Waals surface area contributed by atoms with Gasteiger partial charge in [0.25, 0.3) is 34.4 Å². The fourth-order valence-corrected chi connectivity index (χ4v) is 27.0. The van der Waals surface area contributed by atoms with Gasteiger partial charge in [0.2, 0.25) is 0 Å². The zero-order valence-electron chi connectivity index (χ0n) is 76.3. The first kappa shape index (κ1) is 103. The summed E-state index contributed by atoms with van der Waals surface area (Å²) in [7, 11) is 0.283. The van der Waals surface area contributed by atoms with E-state index in [4.69, 9.17) is 13.6 Å². The van der Waals surface area contributed by atoms with Crippen LogP contribution in [0.3, 0.4) is 0 Å². The highest BCUT2D eigenvalue weighted by Crippen LogP contribution is 2.73. The van der Waals surface area contributed by atoms with E-state index in [9.17, 15) is 28.8 Å². The second-order valence-corrected chi connectivity index (χ2v) is 44.7. The third-order valence-electron chi connectivity index (χ3n) is 23.3. The maximum Gasteiger partial charge on any atom is 0.481 e. The number of benzene rings is 3. The van der Waals surface area contributed by atoms with Crippen LogP contribution in [0.5, 0.6) is 0 Å². The molecule has 134 heavy (non-hydrogen) atoms. The summed E-state index contributed by atoms with van der Waals surface area (Å²) in [4.78, 5) is 140. The molecular formula is C87H90F15N12O13PS6. The van der Waals surface area contributed by atoms with Gasteiger partial charge >= 0.3 is 43.4 Å². The molecule has 0 aliphatic carbocycles. The Kier molecular flexibility index (Phi) is 26.5. The summed E-state index contributed by atoms with van der Waals surface area (Å²) >= 11 is 3.56. The summed E-state index contributed by atoms with van der Waals surface area (Å²) in [5.74, 6) is -17.4. The van der Waals surface area contributed by atoms with Crippen LogP contribution in [-0.2, 0) is 130 Å². The fraction of sp³-hybridized carbons (Fsp3) is 0.448. The normalized spacial score (nSPS) is 14.5. The van der Waals surface area contributed by atoms with Crippen LogP contribution in [0.1, 0.15) is 158 Å². The van der Waals surface area contributed by atoms with E-state index >= 15 is 84.8 Å². The third-order valence-corrected chi connectivity index (χ3v) is 30.5. The number of fused-ring (bicyclic) bond motifs is 3. The van der Waals surface area contributed by atoms with E-state index in [2.05, 4.69) is 15.0 Å². The summed E-state index contributed by atoms with van der Waals surface area (Å²) in [5.41, 5.74) is -41.8. The molecule has 0 spiro atoms. The molecule has 0 bridgehead atoms. The van der Waals surface area contributed by atoms with Crippen LogP contribution < -0.4 is 48.2 Å². The zero-order chi connectivity index (χ0) is 101. The minimum absolute atomic E-state index is 0.0574. The predicted octanol–water partition coefficient (Wildman–Crippen LogP) is 18.8. The molecule has 25 nitrogen and oxygen atoms in total. The molecule has 9 heterocycles. The van der Waals surface area contributed by atoms with Crippen LogP contribution in [0.25, 0.3) is 64.4 Å². The van der Waals surface area contributed by atoms with Crippen LogP contribution in [0.4, 0.5) is 65.9 Å². The van der Waals surface area contributed by atoms with Gasteiger partial charge in [-0.2, -0.15) is 54.5 Å². The number of thiophene rings is 3. The molecule has 0 unspecified atom stereocenters. The third kappa shape index (κ3) is 17.1. The Bertz CT molecular complexity index is 6840. The van der Waals surface area contributed by atoms with Crippen molar-refractivity contribution in [3.8, 4) is 33.8 Å². The molecule has 722 valence electrons. The Morgan fingerprint density at radius 2 is 0.537 bits per heavy atom. The lowest BCUT2D eigenvalue weighted by molar-refractivity contribution is -0.261. The van der Waals surface area contributed by atoms with E-state index in [1.165, 1.54) is 162 Å². The van der Waals surface area contributed by atoms with Crippen molar-refractivity contribution in [2.45, 2.75) is 180 Å². The number of thiazole rings is 3. The van der Waals surface area contributed by atoms with Gasteiger partial charge in [0.1, 0.15) is 66.1 Å². The van der Waals surface area contributed by atoms with Crippen molar-refractivity contribution in [3.63, 3.8) is 0 Å². The predicted molar refractivity (Wildman–Crippen MR) is 479 cm³/mol. The highest BCUT2D eigenvalue weighted by Gasteiger charge is 2.69. The first-order chi connectivity index (χ1) is 61.2. The highest BCUT2D eigenvalue weighted by molar-refractivity contribution is 7.48. The van der Waals surface area contributed by atoms with Crippen molar-refractivity contribution in [2.24, 2.45) is 89.8 Å². The number of aromatic nitrogens is 9. The molecule has 0 radical (unpaired) electrons. The van der Waals surface area contributed by atoms with Crippen molar-refractivity contribution < 1.29 is 98.4 Å². The number of aryl methyl sites for hydroxylation is 3. The standard InChI is InChI=1S/C87H90F15N12O13PS6/c1-76(2,3)85(77(4,5)6,112-49(43-25-28-46(88)58(61(43)91)82(94,95)96)37-132-70(112)103-52(115)31-40-34-129-67-55(40)64(118)106(19)73(121)109(67)22)125-128(124,126-86(78(7,8)9,79(10,11)12)113-50(44-26-29-47(89)59(62(44)92)83(97,98)99)38-133-71(113)104-53(116)32-41-35-130-68-56(41)65(119)107(20)74(122)110(68)23)127-87(80(13,14)15,81(16,17)18)114-51(45-27-30-48(90)60(63(45)93)84(100,101)102)39-134-72(114)105-54(117)33-42-36-131-69-57(42)66(120)108(21)75(123)111(69)24/h25-30,34-39H,31-33H2,1-24H3. The fourth-order valence-electron chi connectivity index (χ4n) is 18.1. The molecule has 3 aromatic carbocycles. The molecule has 12 rings (SSSR count). The van der Waals surface area contributed by atoms with Crippen LogP contribution >= 0.6 is 75.8 Å². The number of amides is 3. The monoisotopic (exact) mass is 2020 g/mol. The maximum absolute atomic E-state index is 20.0. The topological polar surface area (TPSA) is 280 Å².